The third-order valence-electron chi connectivity index (χ3n) is 3.82. The summed E-state index contributed by atoms with van der Waals surface area (Å²) in [7, 11) is -3.01. The smallest absolute Gasteiger partial charge is 0.156 e. The molecule has 100 valence electrons. The summed E-state index contributed by atoms with van der Waals surface area (Å²) in [5.41, 5.74) is 0. The molecule has 0 aromatic rings. The van der Waals surface area contributed by atoms with E-state index in [1.54, 1.807) is 20.8 Å². The molecule has 17 heavy (non-hydrogen) atoms. The van der Waals surface area contributed by atoms with Crippen LogP contribution in [0.15, 0.2) is 0 Å². The summed E-state index contributed by atoms with van der Waals surface area (Å²) in [4.78, 5) is 0. The molecule has 3 atom stereocenters. The monoisotopic (exact) mass is 261 g/mol. The highest BCUT2D eigenvalue weighted by molar-refractivity contribution is 7.92. The van der Waals surface area contributed by atoms with Crippen molar-refractivity contribution < 1.29 is 13.2 Å². The first-order chi connectivity index (χ1) is 7.79. The van der Waals surface area contributed by atoms with Crippen molar-refractivity contribution in [1.82, 2.24) is 5.32 Å². The molecule has 0 aromatic heterocycles. The van der Waals surface area contributed by atoms with E-state index in [1.807, 2.05) is 0 Å². The maximum Gasteiger partial charge on any atom is 0.156 e. The van der Waals surface area contributed by atoms with E-state index in [2.05, 4.69) is 5.32 Å². The number of sulfone groups is 1. The van der Waals surface area contributed by atoms with Gasteiger partial charge in [-0.05, 0) is 40.0 Å². The number of hydrogen-bond donors (Lipinski definition) is 1. The molecule has 0 saturated carbocycles. The summed E-state index contributed by atoms with van der Waals surface area (Å²) in [6.45, 7) is 5.80. The molecule has 2 aliphatic heterocycles. The lowest BCUT2D eigenvalue weighted by molar-refractivity contribution is 0.0977. The molecule has 5 heteroatoms. The van der Waals surface area contributed by atoms with E-state index >= 15 is 0 Å². The molecular formula is C12H23NO3S. The van der Waals surface area contributed by atoms with Gasteiger partial charge in [0.1, 0.15) is 0 Å². The van der Waals surface area contributed by atoms with Crippen LogP contribution in [0.1, 0.15) is 40.0 Å². The molecule has 0 radical (unpaired) electrons. The summed E-state index contributed by atoms with van der Waals surface area (Å²) < 4.78 is 28.9. The van der Waals surface area contributed by atoms with Gasteiger partial charge < -0.3 is 10.1 Å². The van der Waals surface area contributed by atoms with Gasteiger partial charge in [-0.1, -0.05) is 0 Å². The quantitative estimate of drug-likeness (QED) is 0.823. The number of rotatable bonds is 4. The third-order valence-corrected chi connectivity index (χ3v) is 6.42. The summed E-state index contributed by atoms with van der Waals surface area (Å²) in [6.07, 6.45) is 4.06. The molecular weight excluding hydrogens is 238 g/mol. The molecule has 2 heterocycles. The van der Waals surface area contributed by atoms with Crippen LogP contribution >= 0.6 is 0 Å². The Bertz CT molecular complexity index is 372. The molecule has 2 fully saturated rings. The topological polar surface area (TPSA) is 55.4 Å². The zero-order chi connectivity index (χ0) is 12.7. The Hall–Kier alpha value is -0.130. The minimum absolute atomic E-state index is 0.213. The third kappa shape index (κ3) is 2.83. The second kappa shape index (κ2) is 4.52. The van der Waals surface area contributed by atoms with Crippen LogP contribution in [0.5, 0.6) is 0 Å². The van der Waals surface area contributed by atoms with Gasteiger partial charge in [-0.3, -0.25) is 0 Å². The molecule has 0 spiro atoms. The lowest BCUT2D eigenvalue weighted by atomic mass is 9.96. The van der Waals surface area contributed by atoms with Gasteiger partial charge in [-0.2, -0.15) is 0 Å². The van der Waals surface area contributed by atoms with E-state index in [4.69, 9.17) is 4.74 Å². The van der Waals surface area contributed by atoms with Crippen LogP contribution in [0.3, 0.4) is 0 Å². The second-order valence-corrected chi connectivity index (χ2v) is 8.96. The van der Waals surface area contributed by atoms with Crippen molar-refractivity contribution in [2.75, 3.05) is 12.3 Å². The van der Waals surface area contributed by atoms with Crippen LogP contribution in [0.4, 0.5) is 0 Å². The SMILES string of the molecule is CC(C)(C)S(=O)(=O)CCNC1CC2CCC1O2. The molecule has 1 N–H and O–H groups in total. The highest BCUT2D eigenvalue weighted by Gasteiger charge is 2.40. The maximum atomic E-state index is 11.9. The Labute approximate surface area is 104 Å². The van der Waals surface area contributed by atoms with E-state index in [9.17, 15) is 8.42 Å². The molecule has 0 aliphatic carbocycles. The molecule has 4 nitrogen and oxygen atoms in total. The van der Waals surface area contributed by atoms with Gasteiger partial charge >= 0.3 is 0 Å². The van der Waals surface area contributed by atoms with Crippen molar-refractivity contribution >= 4 is 9.84 Å². The molecule has 2 saturated heterocycles. The van der Waals surface area contributed by atoms with E-state index in [-0.39, 0.29) is 5.75 Å². The number of ether oxygens (including phenoxy) is 1. The molecule has 2 rings (SSSR count). The van der Waals surface area contributed by atoms with Gasteiger partial charge in [0.05, 0.1) is 22.7 Å². The first kappa shape index (κ1) is 13.3. The molecule has 2 bridgehead atoms. The van der Waals surface area contributed by atoms with Gasteiger partial charge in [-0.25, -0.2) is 8.42 Å². The van der Waals surface area contributed by atoms with Crippen LogP contribution in [-0.2, 0) is 14.6 Å². The number of hydrogen-bond acceptors (Lipinski definition) is 4. The highest BCUT2D eigenvalue weighted by Crippen LogP contribution is 2.34. The van der Waals surface area contributed by atoms with Crippen molar-refractivity contribution in [3.05, 3.63) is 0 Å². The normalized spacial score (nSPS) is 33.2. The van der Waals surface area contributed by atoms with Crippen molar-refractivity contribution in [2.45, 2.75) is 63.0 Å². The van der Waals surface area contributed by atoms with Gasteiger partial charge in [0.15, 0.2) is 9.84 Å². The van der Waals surface area contributed by atoms with Crippen LogP contribution in [-0.4, -0.2) is 43.7 Å². The van der Waals surface area contributed by atoms with Crippen LogP contribution in [0.25, 0.3) is 0 Å². The Morgan fingerprint density at radius 3 is 2.47 bits per heavy atom. The summed E-state index contributed by atoms with van der Waals surface area (Å²) in [6, 6.07) is 0.365. The molecule has 3 unspecified atom stereocenters. The Morgan fingerprint density at radius 2 is 2.00 bits per heavy atom. The maximum absolute atomic E-state index is 11.9. The number of nitrogens with one attached hydrogen (secondary N) is 1. The zero-order valence-electron chi connectivity index (χ0n) is 10.9. The van der Waals surface area contributed by atoms with E-state index < -0.39 is 14.6 Å². The Balaban J connectivity index is 1.77. The van der Waals surface area contributed by atoms with Gasteiger partial charge in [0, 0.05) is 12.6 Å². The van der Waals surface area contributed by atoms with E-state index in [0.29, 0.717) is 24.8 Å². The van der Waals surface area contributed by atoms with Crippen molar-refractivity contribution in [3.8, 4) is 0 Å². The van der Waals surface area contributed by atoms with Gasteiger partial charge in [0.2, 0.25) is 0 Å². The minimum Gasteiger partial charge on any atom is -0.373 e. The van der Waals surface area contributed by atoms with Crippen LogP contribution in [0.2, 0.25) is 0 Å². The minimum atomic E-state index is -3.01. The second-order valence-electron chi connectivity index (χ2n) is 6.10. The summed E-state index contributed by atoms with van der Waals surface area (Å²) >= 11 is 0. The lowest BCUT2D eigenvalue weighted by Crippen LogP contribution is -2.42. The van der Waals surface area contributed by atoms with Gasteiger partial charge in [-0.15, -0.1) is 0 Å². The fourth-order valence-electron chi connectivity index (χ4n) is 2.54. The molecule has 2 aliphatic rings. The largest absolute Gasteiger partial charge is 0.373 e. The first-order valence-corrected chi connectivity index (χ1v) is 8.06. The average Bonchev–Trinajstić information content (AvgIpc) is 2.76. The molecule has 0 amide bonds. The van der Waals surface area contributed by atoms with Gasteiger partial charge in [0.25, 0.3) is 0 Å². The number of fused-ring (bicyclic) bond motifs is 2. The average molecular weight is 261 g/mol. The summed E-state index contributed by atoms with van der Waals surface area (Å²) in [5.74, 6) is 0.213. The fraction of sp³-hybridized carbons (Fsp3) is 1.00. The first-order valence-electron chi connectivity index (χ1n) is 6.41. The van der Waals surface area contributed by atoms with Crippen LogP contribution in [0, 0.1) is 0 Å². The molecule has 0 aromatic carbocycles. The summed E-state index contributed by atoms with van der Waals surface area (Å²) in [5, 5.41) is 3.34. The highest BCUT2D eigenvalue weighted by atomic mass is 32.2. The fourth-order valence-corrected chi connectivity index (χ4v) is 3.54. The van der Waals surface area contributed by atoms with E-state index in [1.165, 1.54) is 6.42 Å². The Kier molecular flexibility index (Phi) is 3.54. The van der Waals surface area contributed by atoms with Crippen molar-refractivity contribution in [2.24, 2.45) is 0 Å². The predicted octanol–water partition coefficient (Wildman–Crippen LogP) is 1.11. The lowest BCUT2D eigenvalue weighted by Gasteiger charge is -2.22. The Morgan fingerprint density at radius 1 is 1.29 bits per heavy atom. The predicted molar refractivity (Wildman–Crippen MR) is 67.8 cm³/mol. The van der Waals surface area contributed by atoms with Crippen LogP contribution < -0.4 is 5.32 Å². The van der Waals surface area contributed by atoms with E-state index in [0.717, 1.165) is 12.8 Å². The van der Waals surface area contributed by atoms with Crippen molar-refractivity contribution in [1.29, 1.82) is 0 Å². The zero-order valence-corrected chi connectivity index (χ0v) is 11.7. The standard InChI is InChI=1S/C12H23NO3S/c1-12(2,3)17(14,15)7-6-13-10-8-9-4-5-11(10)16-9/h9-11,13H,4-8H2,1-3H3. The van der Waals surface area contributed by atoms with Crippen molar-refractivity contribution in [3.63, 3.8) is 0 Å².